The van der Waals surface area contributed by atoms with E-state index in [9.17, 15) is 19.2 Å². The molecule has 0 fully saturated rings. The molecule has 0 saturated heterocycles. The van der Waals surface area contributed by atoms with Gasteiger partial charge in [-0.15, -0.1) is 0 Å². The quantitative estimate of drug-likeness (QED) is 0.277. The fourth-order valence-corrected chi connectivity index (χ4v) is 3.13. The first-order valence-electron chi connectivity index (χ1n) is 10.6. The molecule has 3 amide bonds. The van der Waals surface area contributed by atoms with Gasteiger partial charge in [-0.3, -0.25) is 30.0 Å². The molecule has 0 aliphatic heterocycles. The van der Waals surface area contributed by atoms with Crippen LogP contribution in [0.25, 0.3) is 0 Å². The molecule has 0 atom stereocenters. The zero-order valence-electron chi connectivity index (χ0n) is 18.8. The van der Waals surface area contributed by atoms with E-state index in [2.05, 4.69) is 16.2 Å². The summed E-state index contributed by atoms with van der Waals surface area (Å²) in [5, 5.41) is 3.48. The average molecular weight is 530 g/mol. The molecule has 0 aliphatic rings. The fourth-order valence-electron chi connectivity index (χ4n) is 2.78. The molecular weight excluding hydrogens is 509 g/mol. The Morgan fingerprint density at radius 3 is 2.03 bits per heavy atom. The number of anilines is 1. The van der Waals surface area contributed by atoms with Gasteiger partial charge in [0.1, 0.15) is 11.5 Å². The van der Waals surface area contributed by atoms with Crippen molar-refractivity contribution in [2.75, 3.05) is 11.9 Å². The first-order valence-corrected chi connectivity index (χ1v) is 11.4. The van der Waals surface area contributed by atoms with Crippen molar-refractivity contribution in [3.8, 4) is 11.5 Å². The van der Waals surface area contributed by atoms with E-state index in [0.29, 0.717) is 22.2 Å². The predicted molar refractivity (Wildman–Crippen MR) is 134 cm³/mol. The molecule has 11 heteroatoms. The molecule has 0 saturated carbocycles. The average Bonchev–Trinajstić information content (AvgIpc) is 2.87. The molecule has 0 unspecified atom stereocenters. The predicted octanol–water partition coefficient (Wildman–Crippen LogP) is 4.51. The molecule has 0 aromatic heterocycles. The van der Waals surface area contributed by atoms with Crippen LogP contribution in [0.15, 0.2) is 72.8 Å². The lowest BCUT2D eigenvalue weighted by Crippen LogP contribution is -2.43. The maximum absolute atomic E-state index is 12.1. The lowest BCUT2D eigenvalue weighted by molar-refractivity contribution is -0.149. The Morgan fingerprint density at radius 2 is 1.36 bits per heavy atom. The van der Waals surface area contributed by atoms with Crippen molar-refractivity contribution < 1.29 is 28.7 Å². The van der Waals surface area contributed by atoms with Crippen molar-refractivity contribution >= 4 is 52.6 Å². The SMILES string of the molecule is O=C(COC(=O)CCC(=O)Nc1ccc(Oc2ccc(Cl)cc2)cc1)NNC(=O)c1ccccc1Cl. The van der Waals surface area contributed by atoms with Crippen LogP contribution >= 0.6 is 23.2 Å². The second-order valence-corrected chi connectivity index (χ2v) is 8.12. The summed E-state index contributed by atoms with van der Waals surface area (Å²) in [7, 11) is 0. The number of benzene rings is 3. The summed E-state index contributed by atoms with van der Waals surface area (Å²) in [6, 6.07) is 19.9. The minimum absolute atomic E-state index is 0.146. The number of esters is 1. The summed E-state index contributed by atoms with van der Waals surface area (Å²) in [6.07, 6.45) is -0.379. The minimum atomic E-state index is -0.755. The Bertz CT molecular complexity index is 1230. The number of carbonyl (C=O) groups excluding carboxylic acids is 4. The number of hydrogen-bond donors (Lipinski definition) is 3. The third-order valence-corrected chi connectivity index (χ3v) is 5.12. The van der Waals surface area contributed by atoms with Crippen LogP contribution in [0.4, 0.5) is 5.69 Å². The number of nitrogens with one attached hydrogen (secondary N) is 3. The first kappa shape index (κ1) is 26.5. The van der Waals surface area contributed by atoms with E-state index in [1.807, 2.05) is 0 Å². The van der Waals surface area contributed by atoms with E-state index < -0.39 is 30.3 Å². The van der Waals surface area contributed by atoms with Crippen LogP contribution in [-0.2, 0) is 19.1 Å². The zero-order chi connectivity index (χ0) is 25.9. The lowest BCUT2D eigenvalue weighted by Gasteiger charge is -2.09. The van der Waals surface area contributed by atoms with Crippen molar-refractivity contribution in [3.63, 3.8) is 0 Å². The Kier molecular flexibility index (Phi) is 9.67. The van der Waals surface area contributed by atoms with Crippen molar-refractivity contribution in [3.05, 3.63) is 88.4 Å². The molecule has 3 aromatic carbocycles. The second-order valence-electron chi connectivity index (χ2n) is 7.27. The molecule has 9 nitrogen and oxygen atoms in total. The summed E-state index contributed by atoms with van der Waals surface area (Å²) in [5.41, 5.74) is 4.97. The molecule has 0 bridgehead atoms. The first-order chi connectivity index (χ1) is 17.3. The van der Waals surface area contributed by atoms with Crippen LogP contribution in [-0.4, -0.2) is 30.3 Å². The van der Waals surface area contributed by atoms with Gasteiger partial charge in [0.15, 0.2) is 6.61 Å². The second kappa shape index (κ2) is 13.1. The van der Waals surface area contributed by atoms with Gasteiger partial charge in [0, 0.05) is 17.1 Å². The van der Waals surface area contributed by atoms with Gasteiger partial charge in [-0.1, -0.05) is 35.3 Å². The molecule has 0 radical (unpaired) electrons. The lowest BCUT2D eigenvalue weighted by atomic mass is 10.2. The Balaban J connectivity index is 1.33. The van der Waals surface area contributed by atoms with Crippen molar-refractivity contribution in [2.45, 2.75) is 12.8 Å². The fraction of sp³-hybridized carbons (Fsp3) is 0.120. The summed E-state index contributed by atoms with van der Waals surface area (Å²) in [6.45, 7) is -0.627. The van der Waals surface area contributed by atoms with E-state index in [4.69, 9.17) is 32.7 Å². The maximum atomic E-state index is 12.1. The molecule has 3 rings (SSSR count). The highest BCUT2D eigenvalue weighted by Crippen LogP contribution is 2.24. The van der Waals surface area contributed by atoms with Crippen LogP contribution < -0.4 is 20.9 Å². The van der Waals surface area contributed by atoms with Crippen molar-refractivity contribution in [1.82, 2.24) is 10.9 Å². The molecule has 3 aromatic rings. The van der Waals surface area contributed by atoms with Gasteiger partial charge in [-0.25, -0.2) is 0 Å². The third kappa shape index (κ3) is 8.61. The number of hydrazine groups is 1. The Morgan fingerprint density at radius 1 is 0.722 bits per heavy atom. The molecule has 36 heavy (non-hydrogen) atoms. The Labute approximate surface area is 216 Å². The number of ether oxygens (including phenoxy) is 2. The number of halogens is 2. The van der Waals surface area contributed by atoms with Crippen LogP contribution in [0.1, 0.15) is 23.2 Å². The molecule has 186 valence electrons. The van der Waals surface area contributed by atoms with E-state index >= 15 is 0 Å². The number of carbonyl (C=O) groups is 4. The van der Waals surface area contributed by atoms with Gasteiger partial charge in [-0.2, -0.15) is 0 Å². The molecule has 0 aliphatic carbocycles. The third-order valence-electron chi connectivity index (χ3n) is 4.54. The van der Waals surface area contributed by atoms with Crippen molar-refractivity contribution in [2.24, 2.45) is 0 Å². The smallest absolute Gasteiger partial charge is 0.306 e. The number of amides is 3. The summed E-state index contributed by atoms with van der Waals surface area (Å²) < 4.78 is 10.5. The van der Waals surface area contributed by atoms with Crippen molar-refractivity contribution in [1.29, 1.82) is 0 Å². The normalized spacial score (nSPS) is 10.2. The largest absolute Gasteiger partial charge is 0.457 e. The van der Waals surface area contributed by atoms with E-state index in [1.165, 1.54) is 12.1 Å². The number of rotatable bonds is 9. The van der Waals surface area contributed by atoms with Crippen LogP contribution in [0.3, 0.4) is 0 Å². The minimum Gasteiger partial charge on any atom is -0.457 e. The topological polar surface area (TPSA) is 123 Å². The van der Waals surface area contributed by atoms with E-state index in [0.717, 1.165) is 0 Å². The molecular formula is C25H21Cl2N3O6. The summed E-state index contributed by atoms with van der Waals surface area (Å²) in [4.78, 5) is 47.7. The van der Waals surface area contributed by atoms with Gasteiger partial charge in [0.2, 0.25) is 5.91 Å². The Hall–Kier alpha value is -4.08. The molecule has 0 heterocycles. The van der Waals surface area contributed by atoms with E-state index in [-0.39, 0.29) is 23.4 Å². The van der Waals surface area contributed by atoms with Gasteiger partial charge < -0.3 is 14.8 Å². The van der Waals surface area contributed by atoms with Gasteiger partial charge in [0.05, 0.1) is 17.0 Å². The molecule has 0 spiro atoms. The van der Waals surface area contributed by atoms with Gasteiger partial charge in [-0.05, 0) is 60.7 Å². The van der Waals surface area contributed by atoms with E-state index in [1.54, 1.807) is 60.7 Å². The van der Waals surface area contributed by atoms with Crippen LogP contribution in [0, 0.1) is 0 Å². The van der Waals surface area contributed by atoms with Gasteiger partial charge in [0.25, 0.3) is 11.8 Å². The highest BCUT2D eigenvalue weighted by molar-refractivity contribution is 6.33. The van der Waals surface area contributed by atoms with Gasteiger partial charge >= 0.3 is 5.97 Å². The standard InChI is InChI=1S/C25H21Cl2N3O6/c26-16-5-9-18(10-6-16)36-19-11-7-17(8-12-19)28-22(31)13-14-24(33)35-15-23(32)29-30-25(34)20-3-1-2-4-21(20)27/h1-12H,13-15H2,(H,28,31)(H,29,32)(H,30,34). The highest BCUT2D eigenvalue weighted by atomic mass is 35.5. The summed E-state index contributed by atoms with van der Waals surface area (Å²) >= 11 is 11.8. The monoisotopic (exact) mass is 529 g/mol. The number of hydrogen-bond acceptors (Lipinski definition) is 6. The zero-order valence-corrected chi connectivity index (χ0v) is 20.3. The van der Waals surface area contributed by atoms with Crippen LogP contribution in [0.2, 0.25) is 10.0 Å². The van der Waals surface area contributed by atoms with Crippen LogP contribution in [0.5, 0.6) is 11.5 Å². The molecule has 3 N–H and O–H groups in total. The summed E-state index contributed by atoms with van der Waals surface area (Å²) in [5.74, 6) is -1.35. The highest BCUT2D eigenvalue weighted by Gasteiger charge is 2.13. The maximum Gasteiger partial charge on any atom is 0.306 e.